The molecule has 0 aliphatic carbocycles. The Morgan fingerprint density at radius 1 is 1.44 bits per heavy atom. The number of rotatable bonds is 7. The third-order valence-electron chi connectivity index (χ3n) is 3.85. The zero-order valence-electron chi connectivity index (χ0n) is 11.9. The lowest BCUT2D eigenvalue weighted by Crippen LogP contribution is -2.41. The van der Waals surface area contributed by atoms with Gasteiger partial charge in [0, 0.05) is 26.3 Å². The van der Waals surface area contributed by atoms with Crippen molar-refractivity contribution in [2.45, 2.75) is 39.5 Å². The molecule has 1 fully saturated rings. The van der Waals surface area contributed by atoms with E-state index in [1.54, 1.807) is 0 Å². The van der Waals surface area contributed by atoms with Crippen molar-refractivity contribution in [1.82, 2.24) is 4.90 Å². The summed E-state index contributed by atoms with van der Waals surface area (Å²) in [6.45, 7) is 7.22. The molecule has 4 nitrogen and oxygen atoms in total. The van der Waals surface area contributed by atoms with Gasteiger partial charge in [-0.25, -0.2) is 0 Å². The second-order valence-corrected chi connectivity index (χ2v) is 5.87. The lowest BCUT2D eigenvalue weighted by atomic mass is 9.85. The molecule has 1 unspecified atom stereocenters. The van der Waals surface area contributed by atoms with Gasteiger partial charge in [0.05, 0.1) is 5.41 Å². The van der Waals surface area contributed by atoms with Crippen LogP contribution in [0.5, 0.6) is 0 Å². The zero-order valence-corrected chi connectivity index (χ0v) is 11.9. The Hall–Kier alpha value is -0.610. The highest BCUT2D eigenvalue weighted by Gasteiger charge is 2.33. The quantitative estimate of drug-likeness (QED) is 0.760. The van der Waals surface area contributed by atoms with Crippen LogP contribution in [0.2, 0.25) is 0 Å². The first-order valence-electron chi connectivity index (χ1n) is 6.97. The molecule has 1 rings (SSSR count). The Balaban J connectivity index is 2.45. The number of carboxylic acids is 1. The predicted octanol–water partition coefficient (Wildman–Crippen LogP) is 2.24. The van der Waals surface area contributed by atoms with Crippen molar-refractivity contribution in [1.29, 1.82) is 0 Å². The second kappa shape index (κ2) is 7.10. The molecule has 1 aliphatic rings. The van der Waals surface area contributed by atoms with Gasteiger partial charge in [-0.2, -0.15) is 0 Å². The molecule has 4 heteroatoms. The summed E-state index contributed by atoms with van der Waals surface area (Å²) >= 11 is 0. The smallest absolute Gasteiger partial charge is 0.310 e. The van der Waals surface area contributed by atoms with Gasteiger partial charge >= 0.3 is 5.97 Å². The number of hydrogen-bond donors (Lipinski definition) is 1. The van der Waals surface area contributed by atoms with Crippen LogP contribution in [0.15, 0.2) is 0 Å². The average Bonchev–Trinajstić information content (AvgIpc) is 2.30. The SMILES string of the molecule is CCCC(C)(CN(C)CC1CCOCC1)C(=O)O. The summed E-state index contributed by atoms with van der Waals surface area (Å²) in [5.74, 6) is -0.0217. The standard InChI is InChI=1S/C14H27NO3/c1-4-7-14(2,13(16)17)11-15(3)10-12-5-8-18-9-6-12/h12H,4-11H2,1-3H3,(H,16,17). The zero-order chi connectivity index (χ0) is 13.6. The van der Waals surface area contributed by atoms with Gasteiger partial charge in [-0.1, -0.05) is 13.3 Å². The molecule has 1 saturated heterocycles. The van der Waals surface area contributed by atoms with Crippen LogP contribution < -0.4 is 0 Å². The summed E-state index contributed by atoms with van der Waals surface area (Å²) in [7, 11) is 2.03. The molecule has 0 aromatic heterocycles. The third-order valence-corrected chi connectivity index (χ3v) is 3.85. The number of hydrogen-bond acceptors (Lipinski definition) is 3. The van der Waals surface area contributed by atoms with E-state index in [0.717, 1.165) is 45.4 Å². The largest absolute Gasteiger partial charge is 0.481 e. The Kier molecular flexibility index (Phi) is 6.09. The molecule has 1 aliphatic heterocycles. The van der Waals surface area contributed by atoms with Gasteiger partial charge in [0.2, 0.25) is 0 Å². The van der Waals surface area contributed by atoms with Crippen molar-refractivity contribution in [2.75, 3.05) is 33.4 Å². The van der Waals surface area contributed by atoms with Crippen LogP contribution in [0, 0.1) is 11.3 Å². The highest BCUT2D eigenvalue weighted by molar-refractivity contribution is 5.74. The van der Waals surface area contributed by atoms with Crippen LogP contribution in [0.3, 0.4) is 0 Å². The van der Waals surface area contributed by atoms with Crippen LogP contribution in [-0.2, 0) is 9.53 Å². The summed E-state index contributed by atoms with van der Waals surface area (Å²) in [5, 5.41) is 9.37. The first kappa shape index (κ1) is 15.4. The molecule has 0 spiro atoms. The fourth-order valence-corrected chi connectivity index (χ4v) is 2.84. The maximum absolute atomic E-state index is 11.4. The van der Waals surface area contributed by atoms with Gasteiger partial charge in [0.25, 0.3) is 0 Å². The number of ether oxygens (including phenoxy) is 1. The lowest BCUT2D eigenvalue weighted by Gasteiger charge is -2.33. The van der Waals surface area contributed by atoms with Crippen molar-refractivity contribution in [3.8, 4) is 0 Å². The normalized spacial score (nSPS) is 20.9. The van der Waals surface area contributed by atoms with Gasteiger partial charge in [-0.05, 0) is 39.2 Å². The summed E-state index contributed by atoms with van der Waals surface area (Å²) < 4.78 is 5.35. The van der Waals surface area contributed by atoms with Crippen LogP contribution in [0.1, 0.15) is 39.5 Å². The molecule has 0 aromatic rings. The Morgan fingerprint density at radius 3 is 2.56 bits per heavy atom. The maximum atomic E-state index is 11.4. The fourth-order valence-electron chi connectivity index (χ4n) is 2.84. The van der Waals surface area contributed by atoms with Crippen LogP contribution in [0.4, 0.5) is 0 Å². The third kappa shape index (κ3) is 4.58. The topological polar surface area (TPSA) is 49.8 Å². The molecule has 0 aromatic carbocycles. The summed E-state index contributed by atoms with van der Waals surface area (Å²) in [5.41, 5.74) is -0.616. The second-order valence-electron chi connectivity index (χ2n) is 5.87. The highest BCUT2D eigenvalue weighted by atomic mass is 16.5. The maximum Gasteiger partial charge on any atom is 0.310 e. The molecule has 0 bridgehead atoms. The van der Waals surface area contributed by atoms with E-state index in [1.165, 1.54) is 0 Å². The lowest BCUT2D eigenvalue weighted by molar-refractivity contribution is -0.149. The number of carbonyl (C=O) groups is 1. The van der Waals surface area contributed by atoms with E-state index in [0.29, 0.717) is 12.5 Å². The molecule has 1 N–H and O–H groups in total. The molecular formula is C14H27NO3. The van der Waals surface area contributed by atoms with Crippen molar-refractivity contribution < 1.29 is 14.6 Å². The monoisotopic (exact) mass is 257 g/mol. The van der Waals surface area contributed by atoms with Crippen molar-refractivity contribution in [3.05, 3.63) is 0 Å². The van der Waals surface area contributed by atoms with Crippen molar-refractivity contribution >= 4 is 5.97 Å². The van der Waals surface area contributed by atoms with Gasteiger partial charge in [0.15, 0.2) is 0 Å². The van der Waals surface area contributed by atoms with E-state index in [-0.39, 0.29) is 0 Å². The Morgan fingerprint density at radius 2 is 2.06 bits per heavy atom. The van der Waals surface area contributed by atoms with E-state index in [2.05, 4.69) is 4.90 Å². The number of nitrogens with zero attached hydrogens (tertiary/aromatic N) is 1. The molecule has 1 atom stereocenters. The molecule has 0 amide bonds. The molecule has 18 heavy (non-hydrogen) atoms. The minimum absolute atomic E-state index is 0.616. The molecule has 106 valence electrons. The van der Waals surface area contributed by atoms with Crippen LogP contribution >= 0.6 is 0 Å². The first-order valence-corrected chi connectivity index (χ1v) is 6.97. The summed E-state index contributed by atoms with van der Waals surface area (Å²) in [6, 6.07) is 0. The minimum atomic E-state index is -0.678. The highest BCUT2D eigenvalue weighted by Crippen LogP contribution is 2.26. The summed E-state index contributed by atoms with van der Waals surface area (Å²) in [6.07, 6.45) is 3.85. The molecular weight excluding hydrogens is 230 g/mol. The molecule has 1 heterocycles. The number of carboxylic acid groups (broad SMARTS) is 1. The summed E-state index contributed by atoms with van der Waals surface area (Å²) in [4.78, 5) is 13.6. The van der Waals surface area contributed by atoms with E-state index < -0.39 is 11.4 Å². The van der Waals surface area contributed by atoms with Gasteiger partial charge in [-0.3, -0.25) is 4.79 Å². The van der Waals surface area contributed by atoms with Crippen molar-refractivity contribution in [2.24, 2.45) is 11.3 Å². The van der Waals surface area contributed by atoms with E-state index in [4.69, 9.17) is 4.74 Å². The first-order chi connectivity index (χ1) is 8.48. The van der Waals surface area contributed by atoms with Gasteiger partial charge < -0.3 is 14.7 Å². The Labute approximate surface area is 110 Å². The number of aliphatic carboxylic acids is 1. The van der Waals surface area contributed by atoms with E-state index >= 15 is 0 Å². The van der Waals surface area contributed by atoms with E-state index in [9.17, 15) is 9.90 Å². The van der Waals surface area contributed by atoms with Crippen LogP contribution in [-0.4, -0.2) is 49.3 Å². The fraction of sp³-hybridized carbons (Fsp3) is 0.929. The van der Waals surface area contributed by atoms with Gasteiger partial charge in [-0.15, -0.1) is 0 Å². The minimum Gasteiger partial charge on any atom is -0.481 e. The molecule has 0 radical (unpaired) electrons. The van der Waals surface area contributed by atoms with Gasteiger partial charge in [0.1, 0.15) is 0 Å². The molecule has 0 saturated carbocycles. The van der Waals surface area contributed by atoms with Crippen molar-refractivity contribution in [3.63, 3.8) is 0 Å². The Bertz CT molecular complexity index is 264. The predicted molar refractivity (Wildman–Crippen MR) is 71.7 cm³/mol. The average molecular weight is 257 g/mol. The van der Waals surface area contributed by atoms with Crippen LogP contribution in [0.25, 0.3) is 0 Å². The van der Waals surface area contributed by atoms with E-state index in [1.807, 2.05) is 20.9 Å².